The molecule has 0 spiro atoms. The molecule has 4 nitrogen and oxygen atoms in total. The first kappa shape index (κ1) is 17.2. The highest BCUT2D eigenvalue weighted by atomic mass is 32.1. The van der Waals surface area contributed by atoms with Crippen LogP contribution >= 0.6 is 11.3 Å². The Morgan fingerprint density at radius 1 is 1.11 bits per heavy atom. The highest BCUT2D eigenvalue weighted by molar-refractivity contribution is 7.16. The van der Waals surface area contributed by atoms with E-state index in [-0.39, 0.29) is 11.7 Å². The topological polar surface area (TPSA) is 62.2 Å². The molecule has 0 saturated carbocycles. The van der Waals surface area contributed by atoms with Crippen molar-refractivity contribution in [2.75, 3.05) is 5.32 Å². The van der Waals surface area contributed by atoms with Crippen molar-refractivity contribution in [1.82, 2.24) is 4.98 Å². The zero-order valence-electron chi connectivity index (χ0n) is 15.0. The minimum atomic E-state index is -0.0837. The lowest BCUT2D eigenvalue weighted by Gasteiger charge is -2.12. The summed E-state index contributed by atoms with van der Waals surface area (Å²) >= 11 is 1.31. The Morgan fingerprint density at radius 2 is 1.93 bits per heavy atom. The number of benzene rings is 2. The minimum absolute atomic E-state index is 0.0783. The molecule has 2 N–H and O–H groups in total. The number of hydrogen-bond donors (Lipinski definition) is 2. The molecule has 4 rings (SSSR count). The summed E-state index contributed by atoms with van der Waals surface area (Å²) in [6.07, 6.45) is 5.08. The number of nitrogens with zero attached hydrogens (tertiary/aromatic N) is 1. The van der Waals surface area contributed by atoms with E-state index in [2.05, 4.69) is 16.4 Å². The zero-order chi connectivity index (χ0) is 19.0. The van der Waals surface area contributed by atoms with Crippen molar-refractivity contribution < 1.29 is 9.90 Å². The van der Waals surface area contributed by atoms with E-state index in [1.807, 2.05) is 56.3 Å². The monoisotopic (exact) mass is 374 g/mol. The van der Waals surface area contributed by atoms with Gasteiger partial charge in [0.25, 0.3) is 0 Å². The molecule has 0 saturated heterocycles. The molecule has 0 amide bonds. The van der Waals surface area contributed by atoms with E-state index in [4.69, 9.17) is 0 Å². The van der Waals surface area contributed by atoms with Gasteiger partial charge in [-0.3, -0.25) is 4.79 Å². The lowest BCUT2D eigenvalue weighted by Crippen LogP contribution is -2.04. The maximum absolute atomic E-state index is 12.4. The van der Waals surface area contributed by atoms with Crippen LogP contribution in [0, 0.1) is 13.8 Å². The van der Waals surface area contributed by atoms with Crippen molar-refractivity contribution in [3.63, 3.8) is 0 Å². The number of ketones is 1. The van der Waals surface area contributed by atoms with Crippen LogP contribution in [-0.4, -0.2) is 15.9 Å². The SMILES string of the molecule is Cc1ccc(Nc2nc(O)c(C=C3C(=O)C=Cc4ccccc43)s2)c(C)c1. The largest absolute Gasteiger partial charge is 0.492 e. The van der Waals surface area contributed by atoms with Gasteiger partial charge in [0, 0.05) is 11.3 Å². The molecule has 2 aromatic carbocycles. The second kappa shape index (κ2) is 6.85. The molecule has 3 aromatic rings. The third-order valence-corrected chi connectivity index (χ3v) is 5.37. The van der Waals surface area contributed by atoms with E-state index >= 15 is 0 Å². The number of carbonyl (C=O) groups is 1. The Morgan fingerprint density at radius 3 is 2.74 bits per heavy atom. The average molecular weight is 374 g/mol. The first-order valence-corrected chi connectivity index (χ1v) is 9.40. The molecule has 0 aliphatic heterocycles. The molecule has 0 atom stereocenters. The Hall–Kier alpha value is -3.18. The minimum Gasteiger partial charge on any atom is -0.492 e. The maximum atomic E-state index is 12.4. The normalized spacial score (nSPS) is 14.4. The number of aryl methyl sites for hydroxylation is 2. The van der Waals surface area contributed by atoms with Crippen LogP contribution in [0.25, 0.3) is 17.7 Å². The van der Waals surface area contributed by atoms with Gasteiger partial charge in [-0.1, -0.05) is 59.4 Å². The van der Waals surface area contributed by atoms with Gasteiger partial charge in [-0.25, -0.2) is 0 Å². The van der Waals surface area contributed by atoms with Crippen LogP contribution in [-0.2, 0) is 4.79 Å². The molecule has 0 unspecified atom stereocenters. The fourth-order valence-electron chi connectivity index (χ4n) is 3.10. The second-order valence-electron chi connectivity index (χ2n) is 6.49. The van der Waals surface area contributed by atoms with E-state index in [1.54, 1.807) is 12.2 Å². The number of anilines is 2. The van der Waals surface area contributed by atoms with Gasteiger partial charge in [-0.15, -0.1) is 0 Å². The summed E-state index contributed by atoms with van der Waals surface area (Å²) in [5.41, 5.74) is 5.64. The van der Waals surface area contributed by atoms with Crippen LogP contribution in [0.15, 0.2) is 48.5 Å². The van der Waals surface area contributed by atoms with E-state index < -0.39 is 0 Å². The quantitative estimate of drug-likeness (QED) is 0.607. The summed E-state index contributed by atoms with van der Waals surface area (Å²) in [7, 11) is 0. The lowest BCUT2D eigenvalue weighted by molar-refractivity contribution is -0.109. The van der Waals surface area contributed by atoms with Crippen LogP contribution < -0.4 is 5.32 Å². The highest BCUT2D eigenvalue weighted by Crippen LogP contribution is 2.36. The summed E-state index contributed by atoms with van der Waals surface area (Å²) in [6.45, 7) is 4.07. The molecule has 0 radical (unpaired) electrons. The number of carbonyl (C=O) groups excluding carboxylic acids is 1. The number of thiazole rings is 1. The molecule has 1 aliphatic rings. The third kappa shape index (κ3) is 3.41. The van der Waals surface area contributed by atoms with Gasteiger partial charge >= 0.3 is 0 Å². The van der Waals surface area contributed by atoms with E-state index in [1.165, 1.54) is 16.9 Å². The number of fused-ring (bicyclic) bond motifs is 1. The second-order valence-corrected chi connectivity index (χ2v) is 7.52. The molecule has 0 bridgehead atoms. The van der Waals surface area contributed by atoms with E-state index in [9.17, 15) is 9.90 Å². The molecule has 0 fully saturated rings. The smallest absolute Gasteiger partial charge is 0.231 e. The van der Waals surface area contributed by atoms with Gasteiger partial charge in [-0.2, -0.15) is 4.98 Å². The van der Waals surface area contributed by atoms with Crippen molar-refractivity contribution in [2.45, 2.75) is 13.8 Å². The van der Waals surface area contributed by atoms with Crippen molar-refractivity contribution >= 4 is 45.7 Å². The van der Waals surface area contributed by atoms with Crippen molar-refractivity contribution in [3.8, 4) is 5.88 Å². The van der Waals surface area contributed by atoms with Crippen LogP contribution in [0.2, 0.25) is 0 Å². The first-order chi connectivity index (χ1) is 13.0. The molecular formula is C22H18N2O2S. The summed E-state index contributed by atoms with van der Waals surface area (Å²) in [5.74, 6) is -0.162. The standard InChI is InChI=1S/C22H18N2O2S/c1-13-7-9-18(14(2)11-13)23-22-24-21(26)20(27-22)12-17-16-6-4-3-5-15(16)8-10-19(17)25/h3-12,26H,1-2H3,(H,23,24). The number of aromatic hydroxyl groups is 1. The molecular weight excluding hydrogens is 356 g/mol. The van der Waals surface area contributed by atoms with E-state index in [0.29, 0.717) is 15.6 Å². The van der Waals surface area contributed by atoms with Crippen molar-refractivity contribution in [2.24, 2.45) is 0 Å². The molecule has 134 valence electrons. The summed E-state index contributed by atoms with van der Waals surface area (Å²) in [6, 6.07) is 13.8. The van der Waals surface area contributed by atoms with Crippen LogP contribution in [0.4, 0.5) is 10.8 Å². The van der Waals surface area contributed by atoms with Crippen LogP contribution in [0.1, 0.15) is 27.1 Å². The molecule has 1 heterocycles. The number of aromatic nitrogens is 1. The average Bonchev–Trinajstić information content (AvgIpc) is 2.99. The lowest BCUT2D eigenvalue weighted by atomic mass is 9.91. The first-order valence-electron chi connectivity index (χ1n) is 8.59. The fourth-order valence-corrected chi connectivity index (χ4v) is 3.91. The number of rotatable bonds is 3. The Balaban J connectivity index is 1.69. The van der Waals surface area contributed by atoms with Gasteiger partial charge in [0.15, 0.2) is 10.9 Å². The molecule has 5 heteroatoms. The van der Waals surface area contributed by atoms with Gasteiger partial charge in [-0.05, 0) is 48.8 Å². The number of hydrogen-bond acceptors (Lipinski definition) is 5. The van der Waals surface area contributed by atoms with Gasteiger partial charge in [0.2, 0.25) is 5.88 Å². The van der Waals surface area contributed by atoms with Crippen molar-refractivity contribution in [1.29, 1.82) is 0 Å². The van der Waals surface area contributed by atoms with Crippen LogP contribution in [0.5, 0.6) is 5.88 Å². The predicted octanol–water partition coefficient (Wildman–Crippen LogP) is 5.35. The Bertz CT molecular complexity index is 1110. The Kier molecular flexibility index (Phi) is 4.38. The summed E-state index contributed by atoms with van der Waals surface area (Å²) < 4.78 is 0. The van der Waals surface area contributed by atoms with Crippen LogP contribution in [0.3, 0.4) is 0 Å². The molecule has 27 heavy (non-hydrogen) atoms. The molecule has 1 aromatic heterocycles. The van der Waals surface area contributed by atoms with Crippen molar-refractivity contribution in [3.05, 3.63) is 75.7 Å². The third-order valence-electron chi connectivity index (χ3n) is 4.46. The highest BCUT2D eigenvalue weighted by Gasteiger charge is 2.19. The fraction of sp³-hybridized carbons (Fsp3) is 0.0909. The zero-order valence-corrected chi connectivity index (χ0v) is 15.8. The maximum Gasteiger partial charge on any atom is 0.231 e. The van der Waals surface area contributed by atoms with E-state index in [0.717, 1.165) is 22.4 Å². The van der Waals surface area contributed by atoms with Gasteiger partial charge in [0.1, 0.15) is 0 Å². The number of allylic oxidation sites excluding steroid dienone is 2. The predicted molar refractivity (Wildman–Crippen MR) is 111 cm³/mol. The molecule has 1 aliphatic carbocycles. The number of nitrogens with one attached hydrogen (secondary N) is 1. The summed E-state index contributed by atoms with van der Waals surface area (Å²) in [5, 5.41) is 14.1. The Labute approximate surface area is 161 Å². The van der Waals surface area contributed by atoms with Gasteiger partial charge < -0.3 is 10.4 Å². The summed E-state index contributed by atoms with van der Waals surface area (Å²) in [4.78, 5) is 17.1. The van der Waals surface area contributed by atoms with Gasteiger partial charge in [0.05, 0.1) is 4.88 Å².